The molecule has 3 aliphatic heterocycles. The van der Waals surface area contributed by atoms with Gasteiger partial charge in [-0.1, -0.05) is 87.9 Å². The van der Waals surface area contributed by atoms with E-state index in [-0.39, 0.29) is 5.57 Å². The van der Waals surface area contributed by atoms with E-state index in [9.17, 15) is 24.9 Å². The fourth-order valence-corrected chi connectivity index (χ4v) is 9.30. The van der Waals surface area contributed by atoms with E-state index in [1.807, 2.05) is 37.3 Å². The molecule has 3 bridgehead atoms. The number of hydrogen-bond donors (Lipinski definition) is 3. The van der Waals surface area contributed by atoms with Gasteiger partial charge in [0.05, 0.1) is 12.2 Å². The third-order valence-corrected chi connectivity index (χ3v) is 11.6. The van der Waals surface area contributed by atoms with E-state index in [1.165, 1.54) is 6.08 Å². The molecule has 47 heavy (non-hydrogen) atoms. The van der Waals surface area contributed by atoms with Gasteiger partial charge in [0.15, 0.2) is 17.0 Å². The Balaban J connectivity index is 1.39. The van der Waals surface area contributed by atoms with E-state index >= 15 is 0 Å². The zero-order chi connectivity index (χ0) is 33.6. The van der Waals surface area contributed by atoms with Crippen LogP contribution in [0.4, 0.5) is 0 Å². The summed E-state index contributed by atoms with van der Waals surface area (Å²) in [5.74, 6) is -5.86. The second kappa shape index (κ2) is 11.0. The minimum atomic E-state index is -2.42. The van der Waals surface area contributed by atoms with Crippen LogP contribution in [0, 0.1) is 17.8 Å². The lowest BCUT2D eigenvalue weighted by molar-refractivity contribution is -0.440. The molecule has 12 atom stereocenters. The zero-order valence-electron chi connectivity index (χ0n) is 27.3. The van der Waals surface area contributed by atoms with Gasteiger partial charge in [0.1, 0.15) is 30.0 Å². The van der Waals surface area contributed by atoms with Crippen molar-refractivity contribution in [3.05, 3.63) is 84.0 Å². The zero-order valence-corrected chi connectivity index (χ0v) is 27.3. The van der Waals surface area contributed by atoms with Crippen molar-refractivity contribution in [2.75, 3.05) is 6.61 Å². The molecule has 2 saturated carbocycles. The van der Waals surface area contributed by atoms with E-state index in [1.54, 1.807) is 38.1 Å². The molecule has 3 aliphatic carbocycles. The van der Waals surface area contributed by atoms with Crippen molar-refractivity contribution in [2.24, 2.45) is 17.8 Å². The molecule has 1 aromatic rings. The van der Waals surface area contributed by atoms with Gasteiger partial charge in [0.2, 0.25) is 0 Å². The maximum absolute atomic E-state index is 13.8. The maximum Gasteiger partial charge on any atom is 0.331 e. The number of unbranched alkanes of at least 4 members (excludes halogenated alkanes) is 3. The normalized spacial score (nSPS) is 45.8. The summed E-state index contributed by atoms with van der Waals surface area (Å²) in [5, 5.41) is 34.9. The van der Waals surface area contributed by atoms with Crippen molar-refractivity contribution in [1.82, 2.24) is 0 Å². The Morgan fingerprint density at radius 1 is 1.11 bits per heavy atom. The highest BCUT2D eigenvalue weighted by atomic mass is 16.9. The number of carbonyl (C=O) groups is 2. The predicted octanol–water partition coefficient (Wildman–Crippen LogP) is 3.55. The second-order valence-electron chi connectivity index (χ2n) is 14.1. The van der Waals surface area contributed by atoms with E-state index in [0.29, 0.717) is 11.1 Å². The van der Waals surface area contributed by atoms with E-state index in [2.05, 4.69) is 13.5 Å². The second-order valence-corrected chi connectivity index (χ2v) is 14.1. The molecule has 0 spiro atoms. The first-order chi connectivity index (χ1) is 22.4. The molecular formula is C37H44O10. The molecule has 3 N–H and O–H groups in total. The number of Topliss-reactive ketones (excluding diaryl/α,β-unsaturated/α-hetero) is 1. The lowest BCUT2D eigenvalue weighted by atomic mass is 9.53. The Kier molecular flexibility index (Phi) is 7.65. The molecule has 0 radical (unpaired) electrons. The van der Waals surface area contributed by atoms with Gasteiger partial charge in [-0.05, 0) is 37.8 Å². The van der Waals surface area contributed by atoms with Crippen LogP contribution in [0.15, 0.2) is 78.4 Å². The molecular weight excluding hydrogens is 604 g/mol. The molecule has 252 valence electrons. The number of allylic oxidation sites excluding steroid dienone is 3. The quantitative estimate of drug-likeness (QED) is 0.0861. The Bertz CT molecular complexity index is 1570. The summed E-state index contributed by atoms with van der Waals surface area (Å²) >= 11 is 0. The summed E-state index contributed by atoms with van der Waals surface area (Å²) in [6.07, 6.45) is 7.98. The molecule has 0 aromatic heterocycles. The summed E-state index contributed by atoms with van der Waals surface area (Å²) in [6.45, 7) is 11.0. The van der Waals surface area contributed by atoms with Gasteiger partial charge >= 0.3 is 11.9 Å². The lowest BCUT2D eigenvalue weighted by Gasteiger charge is -2.61. The van der Waals surface area contributed by atoms with Crippen LogP contribution in [0.25, 0.3) is 0 Å². The van der Waals surface area contributed by atoms with Gasteiger partial charge in [-0.25, -0.2) is 4.79 Å². The monoisotopic (exact) mass is 648 g/mol. The van der Waals surface area contributed by atoms with Crippen LogP contribution in [-0.4, -0.2) is 80.5 Å². The minimum Gasteiger partial charge on any atom is -0.455 e. The van der Waals surface area contributed by atoms with Gasteiger partial charge in [-0.3, -0.25) is 4.79 Å². The number of carbonyl (C=O) groups excluding carboxylic acids is 2. The van der Waals surface area contributed by atoms with Gasteiger partial charge in [-0.15, -0.1) is 0 Å². The number of aliphatic hydroxyl groups excluding tert-OH is 2. The van der Waals surface area contributed by atoms with Crippen LogP contribution in [0.5, 0.6) is 0 Å². The van der Waals surface area contributed by atoms with Crippen molar-refractivity contribution in [3.63, 3.8) is 0 Å². The van der Waals surface area contributed by atoms with Crippen molar-refractivity contribution in [1.29, 1.82) is 0 Å². The van der Waals surface area contributed by atoms with E-state index < -0.39 is 88.9 Å². The maximum atomic E-state index is 13.8. The van der Waals surface area contributed by atoms with Crippen molar-refractivity contribution in [3.8, 4) is 0 Å². The van der Waals surface area contributed by atoms with Crippen molar-refractivity contribution in [2.45, 2.75) is 106 Å². The minimum absolute atomic E-state index is 0.236. The van der Waals surface area contributed by atoms with Crippen LogP contribution >= 0.6 is 0 Å². The van der Waals surface area contributed by atoms with Gasteiger partial charge in [0, 0.05) is 29.4 Å². The summed E-state index contributed by atoms with van der Waals surface area (Å²) < 4.78 is 33.3. The van der Waals surface area contributed by atoms with Crippen molar-refractivity contribution < 1.29 is 48.6 Å². The smallest absolute Gasteiger partial charge is 0.331 e. The number of fused-ring (bicyclic) bond motifs is 3. The molecule has 5 fully saturated rings. The first-order valence-corrected chi connectivity index (χ1v) is 16.7. The Labute approximate surface area is 274 Å². The van der Waals surface area contributed by atoms with E-state index in [4.69, 9.17) is 23.7 Å². The summed E-state index contributed by atoms with van der Waals surface area (Å²) in [4.78, 5) is 27.4. The Morgan fingerprint density at radius 3 is 2.53 bits per heavy atom. The summed E-state index contributed by atoms with van der Waals surface area (Å²) in [7, 11) is 0. The molecule has 4 unspecified atom stereocenters. The molecule has 10 nitrogen and oxygen atoms in total. The number of rotatable bonds is 10. The van der Waals surface area contributed by atoms with Crippen molar-refractivity contribution >= 4 is 11.8 Å². The van der Waals surface area contributed by atoms with Gasteiger partial charge in [-0.2, -0.15) is 0 Å². The number of ether oxygens (including phenoxy) is 5. The largest absolute Gasteiger partial charge is 0.455 e. The number of epoxide rings is 1. The number of aliphatic hydroxyl groups is 3. The standard InChI is InChI=1S/C37H44O10/c1-6-7-8-9-10-11-15-18-26(39)43-29-23(5)36-25-19-22(4)28(40)34(25,42)32(41)33(20-38)30(44-33)27(36)31-35(29,21(2)3)46-37(45-31,47-36)24-16-13-12-14-17-24/h10-19,23,25,27,29-32,38,41-42H,2,6-9,20H2,1,3-5H3/b11-10+,18-15+/t23-,25-,27?,29-,30?,31?,32-,33+,34-,35+,36+,37?/m1/s1. The number of ketones is 1. The predicted molar refractivity (Wildman–Crippen MR) is 168 cm³/mol. The third-order valence-electron chi connectivity index (χ3n) is 11.6. The van der Waals surface area contributed by atoms with Crippen LogP contribution in [0.1, 0.15) is 58.9 Å². The molecule has 1 aromatic carbocycles. The van der Waals surface area contributed by atoms with Gasteiger partial charge in [0.25, 0.3) is 0 Å². The first kappa shape index (κ1) is 32.6. The third kappa shape index (κ3) is 4.10. The Hall–Kier alpha value is -2.96. The number of benzene rings is 1. The highest BCUT2D eigenvalue weighted by Gasteiger charge is 2.90. The SMILES string of the molecule is C=C(C)[C@@]12OC3(c4ccccc4)OC1C1C4O[C@]4(CO)[C@@H](O)[C@]4(O)C(=O)C(C)=C[C@H]4[C@@]1(O3)[C@H](C)[C@H]2OC(=O)/C=C/C=C/CCCCC. The molecule has 3 saturated heterocycles. The fourth-order valence-electron chi connectivity index (χ4n) is 9.30. The van der Waals surface area contributed by atoms with Crippen LogP contribution in [0.2, 0.25) is 0 Å². The molecule has 3 heterocycles. The summed E-state index contributed by atoms with van der Waals surface area (Å²) in [5.41, 5.74) is -5.84. The molecule has 7 rings (SSSR count). The average Bonchev–Trinajstić information content (AvgIpc) is 3.68. The first-order valence-electron chi connectivity index (χ1n) is 16.7. The lowest BCUT2D eigenvalue weighted by Crippen LogP contribution is -2.76. The molecule has 0 amide bonds. The van der Waals surface area contributed by atoms with Gasteiger partial charge < -0.3 is 39.0 Å². The van der Waals surface area contributed by atoms with Crippen LogP contribution in [0.3, 0.4) is 0 Å². The van der Waals surface area contributed by atoms with Crippen LogP contribution < -0.4 is 0 Å². The summed E-state index contributed by atoms with van der Waals surface area (Å²) in [6, 6.07) is 9.04. The molecule has 10 heteroatoms. The Morgan fingerprint density at radius 2 is 1.85 bits per heavy atom. The van der Waals surface area contributed by atoms with Crippen LogP contribution in [-0.2, 0) is 39.2 Å². The van der Waals surface area contributed by atoms with E-state index in [0.717, 1.165) is 25.7 Å². The fraction of sp³-hybridized carbons (Fsp3) is 0.568. The average molecular weight is 649 g/mol. The highest BCUT2D eigenvalue weighted by Crippen LogP contribution is 2.74. The number of hydrogen-bond acceptors (Lipinski definition) is 10. The highest BCUT2D eigenvalue weighted by molar-refractivity contribution is 6.05. The molecule has 6 aliphatic rings. The topological polar surface area (TPSA) is 144 Å². The number of esters is 1.